The third-order valence-electron chi connectivity index (χ3n) is 9.54. The van der Waals surface area contributed by atoms with Crippen molar-refractivity contribution in [3.05, 3.63) is 158 Å². The van der Waals surface area contributed by atoms with E-state index in [-0.39, 0.29) is 29.3 Å². The van der Waals surface area contributed by atoms with Crippen molar-refractivity contribution in [2.45, 2.75) is 0 Å². The molecule has 0 saturated carbocycles. The summed E-state index contributed by atoms with van der Waals surface area (Å²) in [6.45, 7) is 0. The topological polar surface area (TPSA) is 56.7 Å². The van der Waals surface area contributed by atoms with Crippen LogP contribution in [0.15, 0.2) is 162 Å². The number of fused-ring (bicyclic) bond motifs is 10. The fourth-order valence-electron chi connectivity index (χ4n) is 7.31. The van der Waals surface area contributed by atoms with Crippen LogP contribution < -0.4 is 0 Å². The highest BCUT2D eigenvalue weighted by atomic mass is 32.1. The Balaban J connectivity index is 1.15. The maximum atomic E-state index is 8.66. The first kappa shape index (κ1) is 23.7. The van der Waals surface area contributed by atoms with Crippen molar-refractivity contribution in [1.29, 1.82) is 0 Å². The van der Waals surface area contributed by atoms with E-state index in [1.807, 2.05) is 48.5 Å². The van der Waals surface area contributed by atoms with Crippen LogP contribution in [-0.4, -0.2) is 19.5 Å². The molecule has 0 aliphatic rings. The lowest BCUT2D eigenvalue weighted by atomic mass is 10.1. The first-order valence-corrected chi connectivity index (χ1v) is 17.4. The molecule has 0 unspecified atom stereocenters. The van der Waals surface area contributed by atoms with Gasteiger partial charge in [0, 0.05) is 58.4 Å². The van der Waals surface area contributed by atoms with Crippen LogP contribution in [-0.2, 0) is 0 Å². The van der Waals surface area contributed by atoms with E-state index in [0.717, 1.165) is 38.5 Å². The minimum atomic E-state index is -0.481. The molecule has 4 aromatic heterocycles. The molecule has 7 aromatic carbocycles. The number of benzene rings is 7. The van der Waals surface area contributed by atoms with Crippen molar-refractivity contribution in [3.8, 4) is 39.9 Å². The minimum absolute atomic E-state index is 0.0172. The molecular formula is C45H26N4OS. The van der Waals surface area contributed by atoms with E-state index in [0.29, 0.717) is 22.5 Å². The lowest BCUT2D eigenvalue weighted by molar-refractivity contribution is 0.666. The Labute approximate surface area is 302 Å². The van der Waals surface area contributed by atoms with Gasteiger partial charge in [-0.3, -0.25) is 0 Å². The van der Waals surface area contributed by atoms with E-state index in [1.165, 1.54) is 25.6 Å². The van der Waals surface area contributed by atoms with Gasteiger partial charge in [-0.25, -0.2) is 15.0 Å². The Bertz CT molecular complexity index is 3420. The van der Waals surface area contributed by atoms with Gasteiger partial charge in [0.25, 0.3) is 0 Å². The van der Waals surface area contributed by atoms with Gasteiger partial charge in [0.2, 0.25) is 0 Å². The quantitative estimate of drug-likeness (QED) is 0.186. The predicted octanol–water partition coefficient (Wildman–Crippen LogP) is 12.2. The zero-order valence-corrected chi connectivity index (χ0v) is 27.5. The SMILES string of the molecule is [2H]c1c([2H])c([2H])c(-c2nc(-c3ccccc3)nc(-c3ccc4c(c3)oc3c(-n5c6ccccc6c6ccc7sc8ccccc8c7c65)cccc34)n2)c([2H])c1[2H]. The lowest BCUT2D eigenvalue weighted by Gasteiger charge is -2.09. The number of hydrogen-bond acceptors (Lipinski definition) is 5. The van der Waals surface area contributed by atoms with Crippen molar-refractivity contribution >= 4 is 75.3 Å². The zero-order chi connectivity index (χ0) is 37.8. The average Bonchev–Trinajstić information content (AvgIpc) is 3.92. The highest BCUT2D eigenvalue weighted by molar-refractivity contribution is 7.26. The molecule has 0 aliphatic carbocycles. The van der Waals surface area contributed by atoms with Crippen LogP contribution in [0.4, 0.5) is 0 Å². The first-order chi connectivity index (χ1) is 27.4. The van der Waals surface area contributed by atoms with Crippen molar-refractivity contribution in [1.82, 2.24) is 19.5 Å². The Kier molecular flexibility index (Phi) is 5.08. The largest absolute Gasteiger partial charge is 0.454 e. The highest BCUT2D eigenvalue weighted by Crippen LogP contribution is 2.44. The van der Waals surface area contributed by atoms with E-state index in [2.05, 4.69) is 88.4 Å². The molecule has 11 aromatic rings. The fourth-order valence-corrected chi connectivity index (χ4v) is 8.42. The molecule has 51 heavy (non-hydrogen) atoms. The summed E-state index contributed by atoms with van der Waals surface area (Å²) in [5, 5.41) is 6.64. The van der Waals surface area contributed by atoms with Crippen LogP contribution in [0, 0.1) is 0 Å². The van der Waals surface area contributed by atoms with Gasteiger partial charge in [0.15, 0.2) is 23.1 Å². The smallest absolute Gasteiger partial charge is 0.164 e. The standard InChI is InChI=1S/C45H26N4OS/c1-3-12-27(13-4-1)43-46-44(28-14-5-2-6-15-28)48-45(47-43)29-22-23-31-33-18-11-20-36(42(33)50-37(31)26-29)49-35-19-9-7-16-30(35)32-24-25-39-40(41(32)49)34-17-8-10-21-38(34)51-39/h1-26H/i1D,3D,4D,12D,13D. The van der Waals surface area contributed by atoms with Crippen molar-refractivity contribution in [2.75, 3.05) is 0 Å². The van der Waals surface area contributed by atoms with E-state index >= 15 is 0 Å². The molecule has 0 bridgehead atoms. The number of nitrogens with zero attached hydrogens (tertiary/aromatic N) is 4. The normalized spacial score (nSPS) is 13.3. The second-order valence-electron chi connectivity index (χ2n) is 12.4. The maximum Gasteiger partial charge on any atom is 0.164 e. The van der Waals surface area contributed by atoms with Crippen LogP contribution in [0.5, 0.6) is 0 Å². The summed E-state index contributed by atoms with van der Waals surface area (Å²) in [4.78, 5) is 14.2. The summed E-state index contributed by atoms with van der Waals surface area (Å²) in [7, 11) is 0. The molecule has 0 aliphatic heterocycles. The van der Waals surface area contributed by atoms with Gasteiger partial charge in [-0.2, -0.15) is 0 Å². The monoisotopic (exact) mass is 675 g/mol. The molecule has 11 rings (SSSR count). The third-order valence-corrected chi connectivity index (χ3v) is 10.7. The Morgan fingerprint density at radius 3 is 2.10 bits per heavy atom. The number of aromatic nitrogens is 4. The van der Waals surface area contributed by atoms with E-state index in [9.17, 15) is 0 Å². The highest BCUT2D eigenvalue weighted by Gasteiger charge is 2.21. The lowest BCUT2D eigenvalue weighted by Crippen LogP contribution is -2.00. The first-order valence-electron chi connectivity index (χ1n) is 19.0. The van der Waals surface area contributed by atoms with E-state index < -0.39 is 18.1 Å². The molecule has 0 atom stereocenters. The number of rotatable bonds is 4. The van der Waals surface area contributed by atoms with Gasteiger partial charge in [-0.15, -0.1) is 11.3 Å². The maximum absolute atomic E-state index is 8.66. The Morgan fingerprint density at radius 1 is 0.529 bits per heavy atom. The van der Waals surface area contributed by atoms with Gasteiger partial charge in [0.1, 0.15) is 5.58 Å². The molecule has 0 radical (unpaired) electrons. The van der Waals surface area contributed by atoms with E-state index in [4.69, 9.17) is 21.2 Å². The van der Waals surface area contributed by atoms with Crippen LogP contribution in [0.1, 0.15) is 6.85 Å². The summed E-state index contributed by atoms with van der Waals surface area (Å²) in [6, 6.07) is 40.7. The second-order valence-corrected chi connectivity index (χ2v) is 13.5. The summed E-state index contributed by atoms with van der Waals surface area (Å²) >= 11 is 1.80. The molecule has 5 nitrogen and oxygen atoms in total. The molecule has 0 spiro atoms. The summed E-state index contributed by atoms with van der Waals surface area (Å²) in [5.41, 5.74) is 5.72. The molecule has 0 amide bonds. The van der Waals surface area contributed by atoms with Crippen molar-refractivity contribution in [2.24, 2.45) is 0 Å². The average molecular weight is 676 g/mol. The second kappa shape index (κ2) is 10.9. The fraction of sp³-hybridized carbons (Fsp3) is 0. The predicted molar refractivity (Wildman–Crippen MR) is 211 cm³/mol. The zero-order valence-electron chi connectivity index (χ0n) is 31.7. The number of furan rings is 1. The van der Waals surface area contributed by atoms with Gasteiger partial charge in [-0.05, 0) is 36.4 Å². The molecule has 0 fully saturated rings. The van der Waals surface area contributed by atoms with Gasteiger partial charge in [0.05, 0.1) is 23.6 Å². The number of thiophene rings is 1. The van der Waals surface area contributed by atoms with Crippen LogP contribution in [0.2, 0.25) is 0 Å². The van der Waals surface area contributed by atoms with E-state index in [1.54, 1.807) is 11.3 Å². The van der Waals surface area contributed by atoms with Crippen molar-refractivity contribution in [3.63, 3.8) is 0 Å². The molecule has 0 saturated heterocycles. The molecule has 0 N–H and O–H groups in total. The molecule has 4 heterocycles. The summed E-state index contributed by atoms with van der Waals surface area (Å²) < 4.78 is 53.7. The summed E-state index contributed by atoms with van der Waals surface area (Å²) in [6.07, 6.45) is 0. The Hall–Kier alpha value is -6.63. The number of hydrogen-bond donors (Lipinski definition) is 0. The number of para-hydroxylation sites is 2. The van der Waals surface area contributed by atoms with Gasteiger partial charge in [-0.1, -0.05) is 121 Å². The molecule has 238 valence electrons. The van der Waals surface area contributed by atoms with Gasteiger partial charge >= 0.3 is 0 Å². The van der Waals surface area contributed by atoms with Crippen LogP contribution >= 0.6 is 11.3 Å². The summed E-state index contributed by atoms with van der Waals surface area (Å²) in [5.74, 6) is 0.567. The van der Waals surface area contributed by atoms with Crippen LogP contribution in [0.25, 0.3) is 104 Å². The minimum Gasteiger partial charge on any atom is -0.454 e. The van der Waals surface area contributed by atoms with Gasteiger partial charge < -0.3 is 8.98 Å². The van der Waals surface area contributed by atoms with Crippen molar-refractivity contribution < 1.29 is 11.3 Å². The molecule has 6 heteroatoms. The third kappa shape index (κ3) is 4.30. The molecular weight excluding hydrogens is 645 g/mol. The van der Waals surface area contributed by atoms with Crippen LogP contribution in [0.3, 0.4) is 0 Å². The Morgan fingerprint density at radius 2 is 1.24 bits per heavy atom.